The molecule has 3 heteroatoms. The average Bonchev–Trinajstić information content (AvgIpc) is 2.14. The maximum Gasteiger partial charge on any atom is 0.0220 e. The van der Waals surface area contributed by atoms with Crippen LogP contribution in [-0.4, -0.2) is 6.04 Å². The van der Waals surface area contributed by atoms with Crippen LogP contribution in [0.5, 0.6) is 0 Å². The Balaban J connectivity index is 2.40. The van der Waals surface area contributed by atoms with Gasteiger partial charge in [-0.25, -0.2) is 0 Å². The predicted octanol–water partition coefficient (Wildman–Crippen LogP) is 0.235. The van der Waals surface area contributed by atoms with Crippen LogP contribution in [0.1, 0.15) is 25.7 Å². The van der Waals surface area contributed by atoms with E-state index in [1.807, 2.05) is 0 Å². The minimum atomic E-state index is 0.363. The molecular weight excluding hydrogens is 126 g/mol. The summed E-state index contributed by atoms with van der Waals surface area (Å²) in [6, 6.07) is 0.363. The molecule has 1 aliphatic rings. The maximum atomic E-state index is 5.75. The lowest BCUT2D eigenvalue weighted by Gasteiger charge is -2.06. The minimum Gasteiger partial charge on any atom is -0.329 e. The minimum absolute atomic E-state index is 0.363. The van der Waals surface area contributed by atoms with Crippen LogP contribution in [0.15, 0.2) is 11.8 Å². The molecule has 0 aromatic heterocycles. The van der Waals surface area contributed by atoms with Gasteiger partial charge in [-0.2, -0.15) is 0 Å². The number of rotatable bonds is 1. The fraction of sp³-hybridized carbons (Fsp3) is 0.714. The van der Waals surface area contributed by atoms with Crippen molar-refractivity contribution >= 4 is 0 Å². The van der Waals surface area contributed by atoms with Crippen molar-refractivity contribution in [2.75, 3.05) is 0 Å². The van der Waals surface area contributed by atoms with Crippen LogP contribution in [0.3, 0.4) is 0 Å². The van der Waals surface area contributed by atoms with Crippen LogP contribution in [0.2, 0.25) is 0 Å². The lowest BCUT2D eigenvalue weighted by Crippen LogP contribution is -2.22. The van der Waals surface area contributed by atoms with Crippen molar-refractivity contribution in [3.8, 4) is 0 Å². The van der Waals surface area contributed by atoms with Crippen LogP contribution in [0.25, 0.3) is 0 Å². The van der Waals surface area contributed by atoms with E-state index in [9.17, 15) is 0 Å². The van der Waals surface area contributed by atoms with Gasteiger partial charge in [-0.3, -0.25) is 5.84 Å². The molecule has 1 unspecified atom stereocenters. The van der Waals surface area contributed by atoms with E-state index >= 15 is 0 Å². The Morgan fingerprint density at radius 3 is 3.00 bits per heavy atom. The van der Waals surface area contributed by atoms with Gasteiger partial charge in [0.1, 0.15) is 0 Å². The molecule has 58 valence electrons. The highest BCUT2D eigenvalue weighted by atomic mass is 15.2. The summed E-state index contributed by atoms with van der Waals surface area (Å²) in [6.45, 7) is 0. The predicted molar refractivity (Wildman–Crippen MR) is 41.8 cm³/mol. The second kappa shape index (κ2) is 3.58. The molecule has 0 radical (unpaired) electrons. The largest absolute Gasteiger partial charge is 0.329 e. The Morgan fingerprint density at radius 2 is 2.30 bits per heavy atom. The molecule has 0 fully saturated rings. The first-order valence-corrected chi connectivity index (χ1v) is 3.74. The third kappa shape index (κ3) is 2.01. The van der Waals surface area contributed by atoms with Gasteiger partial charge in [0.05, 0.1) is 0 Å². The molecule has 0 saturated carbocycles. The van der Waals surface area contributed by atoms with Gasteiger partial charge in [-0.15, -0.1) is 0 Å². The summed E-state index contributed by atoms with van der Waals surface area (Å²) in [5.74, 6) is 5.26. The van der Waals surface area contributed by atoms with Crippen molar-refractivity contribution in [2.24, 2.45) is 11.6 Å². The third-order valence-electron chi connectivity index (χ3n) is 1.90. The van der Waals surface area contributed by atoms with E-state index in [0.29, 0.717) is 6.04 Å². The first-order chi connectivity index (χ1) is 4.83. The molecule has 0 aromatic rings. The highest BCUT2D eigenvalue weighted by Gasteiger charge is 2.07. The highest BCUT2D eigenvalue weighted by molar-refractivity contribution is 5.01. The van der Waals surface area contributed by atoms with Crippen molar-refractivity contribution in [1.82, 2.24) is 5.43 Å². The second-order valence-corrected chi connectivity index (χ2v) is 2.75. The molecule has 5 N–H and O–H groups in total. The number of hydrogen-bond donors (Lipinski definition) is 3. The van der Waals surface area contributed by atoms with Crippen molar-refractivity contribution in [3.63, 3.8) is 0 Å². The monoisotopic (exact) mass is 141 g/mol. The van der Waals surface area contributed by atoms with E-state index in [1.54, 1.807) is 0 Å². The topological polar surface area (TPSA) is 64.1 Å². The Hall–Kier alpha value is -0.540. The summed E-state index contributed by atoms with van der Waals surface area (Å²) in [7, 11) is 0. The van der Waals surface area contributed by atoms with E-state index in [0.717, 1.165) is 31.4 Å². The van der Waals surface area contributed by atoms with Gasteiger partial charge in [-0.05, 0) is 25.7 Å². The lowest BCUT2D eigenvalue weighted by molar-refractivity contribution is 0.583. The summed E-state index contributed by atoms with van der Waals surface area (Å²) in [5.41, 5.74) is 9.55. The fourth-order valence-corrected chi connectivity index (χ4v) is 1.19. The van der Waals surface area contributed by atoms with Gasteiger partial charge in [-0.1, -0.05) is 6.08 Å². The summed E-state index contributed by atoms with van der Waals surface area (Å²) in [5, 5.41) is 0. The van der Waals surface area contributed by atoms with Crippen LogP contribution >= 0.6 is 0 Å². The molecule has 1 aliphatic carbocycles. The number of nitrogens with one attached hydrogen (secondary N) is 1. The van der Waals surface area contributed by atoms with E-state index in [1.165, 1.54) is 0 Å². The summed E-state index contributed by atoms with van der Waals surface area (Å²) < 4.78 is 0. The third-order valence-corrected chi connectivity index (χ3v) is 1.90. The zero-order chi connectivity index (χ0) is 7.40. The van der Waals surface area contributed by atoms with E-state index in [2.05, 4.69) is 11.5 Å². The molecule has 1 rings (SSSR count). The molecule has 0 bridgehead atoms. The Kier molecular flexibility index (Phi) is 2.71. The smallest absolute Gasteiger partial charge is 0.0220 e. The number of allylic oxidation sites excluding steroid dienone is 2. The number of nitrogens with two attached hydrogens (primary N) is 2. The van der Waals surface area contributed by atoms with Crippen LogP contribution < -0.4 is 17.0 Å². The molecule has 0 aromatic carbocycles. The molecule has 0 amide bonds. The maximum absolute atomic E-state index is 5.75. The molecule has 0 aliphatic heterocycles. The van der Waals surface area contributed by atoms with Crippen molar-refractivity contribution in [2.45, 2.75) is 31.7 Å². The Morgan fingerprint density at radius 1 is 1.50 bits per heavy atom. The zero-order valence-electron chi connectivity index (χ0n) is 6.14. The van der Waals surface area contributed by atoms with Gasteiger partial charge < -0.3 is 11.2 Å². The Labute approximate surface area is 61.4 Å². The average molecular weight is 141 g/mol. The number of hydrogen-bond acceptors (Lipinski definition) is 3. The Bertz CT molecular complexity index is 131. The molecular formula is C7H15N3. The zero-order valence-corrected chi connectivity index (χ0v) is 6.14. The lowest BCUT2D eigenvalue weighted by atomic mass is 10.1. The molecule has 1 atom stereocenters. The normalized spacial score (nSPS) is 27.0. The first-order valence-electron chi connectivity index (χ1n) is 3.74. The van der Waals surface area contributed by atoms with Crippen molar-refractivity contribution in [3.05, 3.63) is 11.8 Å². The number of hydrazine groups is 1. The summed E-state index contributed by atoms with van der Waals surface area (Å²) in [4.78, 5) is 0. The molecule has 0 spiro atoms. The fourth-order valence-electron chi connectivity index (χ4n) is 1.19. The summed E-state index contributed by atoms with van der Waals surface area (Å²) in [6.07, 6.45) is 6.33. The molecule has 10 heavy (non-hydrogen) atoms. The standard InChI is InChI=1S/C7H15N3/c8-6-2-1-3-7(10-9)5-4-6/h3,6,10H,1-2,4-5,8-9H2. The highest BCUT2D eigenvalue weighted by Crippen LogP contribution is 2.13. The summed E-state index contributed by atoms with van der Waals surface area (Å²) >= 11 is 0. The quantitative estimate of drug-likeness (QED) is 0.362. The van der Waals surface area contributed by atoms with Crippen LogP contribution in [0.4, 0.5) is 0 Å². The SMILES string of the molecule is NNC1=CCCC(N)CC1. The first kappa shape index (κ1) is 7.57. The van der Waals surface area contributed by atoms with Crippen molar-refractivity contribution in [1.29, 1.82) is 0 Å². The molecule has 0 saturated heterocycles. The molecule has 3 nitrogen and oxygen atoms in total. The van der Waals surface area contributed by atoms with Gasteiger partial charge in [0.25, 0.3) is 0 Å². The van der Waals surface area contributed by atoms with Crippen molar-refractivity contribution < 1.29 is 0 Å². The van der Waals surface area contributed by atoms with Gasteiger partial charge in [0, 0.05) is 11.7 Å². The van der Waals surface area contributed by atoms with E-state index < -0.39 is 0 Å². The van der Waals surface area contributed by atoms with Crippen LogP contribution in [-0.2, 0) is 0 Å². The van der Waals surface area contributed by atoms with E-state index in [4.69, 9.17) is 11.6 Å². The van der Waals surface area contributed by atoms with Gasteiger partial charge >= 0.3 is 0 Å². The second-order valence-electron chi connectivity index (χ2n) is 2.75. The van der Waals surface area contributed by atoms with Crippen LogP contribution in [0, 0.1) is 0 Å². The van der Waals surface area contributed by atoms with Gasteiger partial charge in [0.15, 0.2) is 0 Å². The van der Waals surface area contributed by atoms with Gasteiger partial charge in [0.2, 0.25) is 0 Å². The molecule has 0 heterocycles. The van der Waals surface area contributed by atoms with E-state index in [-0.39, 0.29) is 0 Å².